The number of ether oxygens (including phenoxy) is 1. The van der Waals surface area contributed by atoms with Crippen LogP contribution in [0.25, 0.3) is 0 Å². The van der Waals surface area contributed by atoms with Gasteiger partial charge in [-0.15, -0.1) is 0 Å². The largest absolute Gasteiger partial charge is 0.496 e. The molecule has 1 fully saturated rings. The summed E-state index contributed by atoms with van der Waals surface area (Å²) in [6.07, 6.45) is 0.285. The van der Waals surface area contributed by atoms with Crippen molar-refractivity contribution < 1.29 is 14.3 Å². The highest BCUT2D eigenvalue weighted by Crippen LogP contribution is 2.24. The van der Waals surface area contributed by atoms with Crippen LogP contribution in [0, 0.1) is 5.92 Å². The van der Waals surface area contributed by atoms with E-state index in [1.54, 1.807) is 12.0 Å². The second-order valence-electron chi connectivity index (χ2n) is 5.65. The van der Waals surface area contributed by atoms with Gasteiger partial charge in [-0.2, -0.15) is 0 Å². The maximum atomic E-state index is 12.1. The highest BCUT2D eigenvalue weighted by Gasteiger charge is 2.34. The molecule has 1 aromatic carbocycles. The van der Waals surface area contributed by atoms with Gasteiger partial charge in [-0.3, -0.25) is 9.59 Å². The lowest BCUT2D eigenvalue weighted by Gasteiger charge is -2.18. The Kier molecular flexibility index (Phi) is 4.83. The Morgan fingerprint density at radius 2 is 2.14 bits per heavy atom. The Bertz CT molecular complexity index is 528. The number of rotatable bonds is 5. The molecule has 5 nitrogen and oxygen atoms in total. The summed E-state index contributed by atoms with van der Waals surface area (Å²) in [5.41, 5.74) is 0.957. The molecule has 0 spiro atoms. The first-order valence-electron chi connectivity index (χ1n) is 7.21. The van der Waals surface area contributed by atoms with Crippen LogP contribution in [0.15, 0.2) is 24.3 Å². The summed E-state index contributed by atoms with van der Waals surface area (Å²) in [6.45, 7) is 4.78. The van der Waals surface area contributed by atoms with Gasteiger partial charge in [-0.1, -0.05) is 18.2 Å². The standard InChI is InChI=1S/C16H22N2O3/c1-11(2)17-16(20)13-8-15(19)18(10-13)9-12-6-4-5-7-14(12)21-3/h4-7,11,13H,8-10H2,1-3H3,(H,17,20)/t13-/m1/s1. The molecular formula is C16H22N2O3. The van der Waals surface area contributed by atoms with Gasteiger partial charge in [-0.25, -0.2) is 0 Å². The van der Waals surface area contributed by atoms with Crippen molar-refractivity contribution in [2.24, 2.45) is 5.92 Å². The molecule has 114 valence electrons. The van der Waals surface area contributed by atoms with E-state index < -0.39 is 0 Å². The number of methoxy groups -OCH3 is 1. The molecular weight excluding hydrogens is 268 g/mol. The van der Waals surface area contributed by atoms with E-state index in [4.69, 9.17) is 4.74 Å². The number of nitrogens with zero attached hydrogens (tertiary/aromatic N) is 1. The number of amides is 2. The Morgan fingerprint density at radius 3 is 2.81 bits per heavy atom. The SMILES string of the molecule is COc1ccccc1CN1C[C@H](C(=O)NC(C)C)CC1=O. The van der Waals surface area contributed by atoms with Crippen molar-refractivity contribution in [1.29, 1.82) is 0 Å². The van der Waals surface area contributed by atoms with E-state index >= 15 is 0 Å². The molecule has 1 aliphatic rings. The molecule has 2 rings (SSSR count). The van der Waals surface area contributed by atoms with Crippen LogP contribution in [0.2, 0.25) is 0 Å². The topological polar surface area (TPSA) is 58.6 Å². The molecule has 1 saturated heterocycles. The molecule has 1 aromatic rings. The zero-order valence-corrected chi connectivity index (χ0v) is 12.8. The summed E-state index contributed by atoms with van der Waals surface area (Å²) in [5, 5.41) is 2.87. The van der Waals surface area contributed by atoms with Crippen molar-refractivity contribution in [3.05, 3.63) is 29.8 Å². The maximum Gasteiger partial charge on any atom is 0.225 e. The van der Waals surface area contributed by atoms with Crippen LogP contribution in [0.1, 0.15) is 25.8 Å². The van der Waals surface area contributed by atoms with E-state index in [0.29, 0.717) is 13.1 Å². The molecule has 0 aromatic heterocycles. The van der Waals surface area contributed by atoms with Crippen LogP contribution < -0.4 is 10.1 Å². The minimum absolute atomic E-state index is 0.0183. The Labute approximate surface area is 125 Å². The van der Waals surface area contributed by atoms with Crippen molar-refractivity contribution in [1.82, 2.24) is 10.2 Å². The molecule has 0 saturated carbocycles. The van der Waals surface area contributed by atoms with Crippen LogP contribution in [0.3, 0.4) is 0 Å². The van der Waals surface area contributed by atoms with Gasteiger partial charge >= 0.3 is 0 Å². The van der Waals surface area contributed by atoms with Gasteiger partial charge in [0.05, 0.1) is 13.0 Å². The van der Waals surface area contributed by atoms with E-state index in [9.17, 15) is 9.59 Å². The summed E-state index contributed by atoms with van der Waals surface area (Å²) in [4.78, 5) is 25.8. The van der Waals surface area contributed by atoms with Gasteiger partial charge in [0.1, 0.15) is 5.75 Å². The van der Waals surface area contributed by atoms with Crippen LogP contribution in [0.4, 0.5) is 0 Å². The number of nitrogens with one attached hydrogen (secondary N) is 1. The van der Waals surface area contributed by atoms with Crippen molar-refractivity contribution in [3.63, 3.8) is 0 Å². The normalized spacial score (nSPS) is 18.2. The minimum Gasteiger partial charge on any atom is -0.496 e. The molecule has 1 atom stereocenters. The smallest absolute Gasteiger partial charge is 0.225 e. The third kappa shape index (κ3) is 3.74. The first-order chi connectivity index (χ1) is 10.0. The molecule has 2 amide bonds. The third-order valence-corrected chi connectivity index (χ3v) is 3.57. The van der Waals surface area contributed by atoms with Gasteiger partial charge in [-0.05, 0) is 19.9 Å². The fraction of sp³-hybridized carbons (Fsp3) is 0.500. The second kappa shape index (κ2) is 6.61. The van der Waals surface area contributed by atoms with Crippen LogP contribution in [0.5, 0.6) is 5.75 Å². The summed E-state index contributed by atoms with van der Waals surface area (Å²) in [7, 11) is 1.61. The number of carbonyl (C=O) groups is 2. The molecule has 1 N–H and O–H groups in total. The summed E-state index contributed by atoms with van der Waals surface area (Å²) in [5.74, 6) is 0.487. The molecule has 5 heteroatoms. The average Bonchev–Trinajstić information content (AvgIpc) is 2.80. The van der Waals surface area contributed by atoms with E-state index in [1.807, 2.05) is 38.1 Å². The zero-order valence-electron chi connectivity index (χ0n) is 12.8. The second-order valence-corrected chi connectivity index (χ2v) is 5.65. The maximum absolute atomic E-state index is 12.1. The van der Waals surface area contributed by atoms with Crippen LogP contribution in [-0.2, 0) is 16.1 Å². The van der Waals surface area contributed by atoms with Crippen molar-refractivity contribution in [2.75, 3.05) is 13.7 Å². The quantitative estimate of drug-likeness (QED) is 0.895. The van der Waals surface area contributed by atoms with E-state index in [2.05, 4.69) is 5.32 Å². The number of hydrogen-bond donors (Lipinski definition) is 1. The molecule has 0 unspecified atom stereocenters. The molecule has 0 bridgehead atoms. The van der Waals surface area contributed by atoms with Crippen molar-refractivity contribution >= 4 is 11.8 Å². The predicted molar refractivity (Wildman–Crippen MR) is 79.8 cm³/mol. The van der Waals surface area contributed by atoms with E-state index in [1.165, 1.54) is 0 Å². The third-order valence-electron chi connectivity index (χ3n) is 3.57. The highest BCUT2D eigenvalue weighted by molar-refractivity contribution is 5.89. The van der Waals surface area contributed by atoms with Gasteiger partial charge in [0.25, 0.3) is 0 Å². The molecule has 1 aliphatic heterocycles. The van der Waals surface area contributed by atoms with E-state index in [0.717, 1.165) is 11.3 Å². The average molecular weight is 290 g/mol. The summed E-state index contributed by atoms with van der Waals surface area (Å²) < 4.78 is 5.30. The number of para-hydroxylation sites is 1. The van der Waals surface area contributed by atoms with Crippen molar-refractivity contribution in [3.8, 4) is 5.75 Å². The Morgan fingerprint density at radius 1 is 1.43 bits per heavy atom. The van der Waals surface area contributed by atoms with Crippen LogP contribution in [-0.4, -0.2) is 36.4 Å². The first-order valence-corrected chi connectivity index (χ1v) is 7.21. The number of carbonyl (C=O) groups excluding carboxylic acids is 2. The summed E-state index contributed by atoms with van der Waals surface area (Å²) in [6, 6.07) is 7.72. The lowest BCUT2D eigenvalue weighted by molar-refractivity contribution is -0.129. The molecule has 0 aliphatic carbocycles. The van der Waals surface area contributed by atoms with Gasteiger partial charge in [0, 0.05) is 31.1 Å². The number of hydrogen-bond acceptors (Lipinski definition) is 3. The van der Waals surface area contributed by atoms with Gasteiger partial charge in [0.15, 0.2) is 0 Å². The monoisotopic (exact) mass is 290 g/mol. The van der Waals surface area contributed by atoms with E-state index in [-0.39, 0.29) is 30.2 Å². The molecule has 0 radical (unpaired) electrons. The fourth-order valence-electron chi connectivity index (χ4n) is 2.54. The first kappa shape index (κ1) is 15.4. The molecule has 1 heterocycles. The van der Waals surface area contributed by atoms with Crippen LogP contribution >= 0.6 is 0 Å². The van der Waals surface area contributed by atoms with Crippen molar-refractivity contribution in [2.45, 2.75) is 32.9 Å². The van der Waals surface area contributed by atoms with Gasteiger partial charge in [0.2, 0.25) is 11.8 Å². The summed E-state index contributed by atoms with van der Waals surface area (Å²) >= 11 is 0. The number of benzene rings is 1. The lowest BCUT2D eigenvalue weighted by Crippen LogP contribution is -2.36. The zero-order chi connectivity index (χ0) is 15.4. The predicted octanol–water partition coefficient (Wildman–Crippen LogP) is 1.57. The Balaban J connectivity index is 2.02. The minimum atomic E-state index is -0.255. The fourth-order valence-corrected chi connectivity index (χ4v) is 2.54. The highest BCUT2D eigenvalue weighted by atomic mass is 16.5. The van der Waals surface area contributed by atoms with Gasteiger partial charge < -0.3 is 15.0 Å². The Hall–Kier alpha value is -2.04. The lowest BCUT2D eigenvalue weighted by atomic mass is 10.1. The number of likely N-dealkylation sites (tertiary alicyclic amines) is 1. The molecule has 21 heavy (non-hydrogen) atoms.